The highest BCUT2D eigenvalue weighted by Crippen LogP contribution is 2.25. The Hall–Kier alpha value is -0.610. The average Bonchev–Trinajstić information content (AvgIpc) is 2.14. The van der Waals surface area contributed by atoms with Crippen molar-refractivity contribution >= 4 is 6.47 Å². The Labute approximate surface area is 84.5 Å². The number of carbonyl (C=O) groups excluding carboxylic acids is 1. The largest absolute Gasteiger partial charge is 0.467 e. The minimum absolute atomic E-state index is 0.0799. The molecule has 0 aromatic heterocycles. The lowest BCUT2D eigenvalue weighted by atomic mass is 9.95. The van der Waals surface area contributed by atoms with Gasteiger partial charge in [-0.2, -0.15) is 0 Å². The van der Waals surface area contributed by atoms with Crippen molar-refractivity contribution in [1.29, 1.82) is 0 Å². The van der Waals surface area contributed by atoms with Crippen LogP contribution in [-0.2, 0) is 19.0 Å². The van der Waals surface area contributed by atoms with E-state index >= 15 is 0 Å². The molecule has 1 rings (SSSR count). The van der Waals surface area contributed by atoms with Gasteiger partial charge in [0.2, 0.25) is 0 Å². The highest BCUT2D eigenvalue weighted by Gasteiger charge is 2.31. The van der Waals surface area contributed by atoms with Crippen LogP contribution < -0.4 is 0 Å². The molecular formula is C10H18O4. The van der Waals surface area contributed by atoms with E-state index in [0.717, 1.165) is 0 Å². The van der Waals surface area contributed by atoms with E-state index < -0.39 is 0 Å². The van der Waals surface area contributed by atoms with E-state index in [0.29, 0.717) is 26.3 Å². The predicted molar refractivity (Wildman–Crippen MR) is 50.7 cm³/mol. The van der Waals surface area contributed by atoms with Gasteiger partial charge in [-0.05, 0) is 0 Å². The zero-order valence-electron chi connectivity index (χ0n) is 8.99. The molecular weight excluding hydrogens is 184 g/mol. The Kier molecular flexibility index (Phi) is 3.89. The third kappa shape index (κ3) is 3.27. The molecule has 1 unspecified atom stereocenters. The normalized spacial score (nSPS) is 24.2. The van der Waals surface area contributed by atoms with Gasteiger partial charge in [-0.1, -0.05) is 20.8 Å². The summed E-state index contributed by atoms with van der Waals surface area (Å²) in [7, 11) is 0. The van der Waals surface area contributed by atoms with Crippen LogP contribution in [0.3, 0.4) is 0 Å². The van der Waals surface area contributed by atoms with Crippen molar-refractivity contribution < 1.29 is 19.0 Å². The molecule has 0 saturated carbocycles. The van der Waals surface area contributed by atoms with Crippen LogP contribution in [0.2, 0.25) is 0 Å². The van der Waals surface area contributed by atoms with Crippen molar-refractivity contribution in [1.82, 2.24) is 0 Å². The van der Waals surface area contributed by atoms with Crippen LogP contribution in [0.1, 0.15) is 20.8 Å². The fourth-order valence-electron chi connectivity index (χ4n) is 1.30. The molecule has 0 radical (unpaired) electrons. The summed E-state index contributed by atoms with van der Waals surface area (Å²) in [6, 6.07) is 0. The van der Waals surface area contributed by atoms with Gasteiger partial charge in [0.05, 0.1) is 19.8 Å². The van der Waals surface area contributed by atoms with Crippen LogP contribution in [0, 0.1) is 11.3 Å². The second kappa shape index (κ2) is 4.75. The highest BCUT2D eigenvalue weighted by molar-refractivity contribution is 5.36. The summed E-state index contributed by atoms with van der Waals surface area (Å²) in [5.41, 5.74) is 0.0851. The molecule has 0 N–H and O–H groups in total. The molecule has 0 aliphatic carbocycles. The van der Waals surface area contributed by atoms with Crippen molar-refractivity contribution in [2.75, 3.05) is 19.8 Å². The van der Waals surface area contributed by atoms with E-state index in [9.17, 15) is 4.79 Å². The quantitative estimate of drug-likeness (QED) is 0.642. The number of carbonyl (C=O) groups is 1. The lowest BCUT2D eigenvalue weighted by Crippen LogP contribution is -2.41. The molecule has 1 heterocycles. The molecule has 0 spiro atoms. The summed E-state index contributed by atoms with van der Waals surface area (Å²) >= 11 is 0. The zero-order valence-corrected chi connectivity index (χ0v) is 8.99. The number of rotatable bonds is 4. The Morgan fingerprint density at radius 1 is 1.50 bits per heavy atom. The zero-order chi connectivity index (χ0) is 10.6. The van der Waals surface area contributed by atoms with Gasteiger partial charge >= 0.3 is 0 Å². The second-order valence-corrected chi connectivity index (χ2v) is 4.56. The molecule has 0 aromatic rings. The van der Waals surface area contributed by atoms with Crippen LogP contribution in [0.15, 0.2) is 0 Å². The van der Waals surface area contributed by atoms with Crippen LogP contribution >= 0.6 is 0 Å². The Balaban J connectivity index is 2.30. The summed E-state index contributed by atoms with van der Waals surface area (Å²) in [5, 5.41) is 0. The topological polar surface area (TPSA) is 44.8 Å². The third-order valence-electron chi connectivity index (χ3n) is 2.17. The van der Waals surface area contributed by atoms with Crippen molar-refractivity contribution in [2.45, 2.75) is 27.1 Å². The monoisotopic (exact) mass is 202 g/mol. The maximum Gasteiger partial charge on any atom is 0.293 e. The van der Waals surface area contributed by atoms with Crippen LogP contribution in [0.25, 0.3) is 0 Å². The SMILES string of the molecule is CC(COC=O)C1OCC(C)(C)CO1. The van der Waals surface area contributed by atoms with Crippen LogP contribution in [0.5, 0.6) is 0 Å². The Morgan fingerprint density at radius 2 is 2.07 bits per heavy atom. The molecule has 0 bridgehead atoms. The molecule has 1 aliphatic rings. The first-order chi connectivity index (χ1) is 6.55. The third-order valence-corrected chi connectivity index (χ3v) is 2.17. The summed E-state index contributed by atoms with van der Waals surface area (Å²) < 4.78 is 15.7. The van der Waals surface area contributed by atoms with Gasteiger partial charge in [-0.25, -0.2) is 0 Å². The lowest BCUT2D eigenvalue weighted by Gasteiger charge is -2.36. The summed E-state index contributed by atoms with van der Waals surface area (Å²) in [5.74, 6) is 0.0799. The van der Waals surface area contributed by atoms with Gasteiger partial charge in [-0.15, -0.1) is 0 Å². The summed E-state index contributed by atoms with van der Waals surface area (Å²) in [6.07, 6.45) is -0.247. The summed E-state index contributed by atoms with van der Waals surface area (Å²) in [6.45, 7) is 8.28. The van der Waals surface area contributed by atoms with E-state index in [4.69, 9.17) is 9.47 Å². The average molecular weight is 202 g/mol. The molecule has 0 amide bonds. The molecule has 4 heteroatoms. The van der Waals surface area contributed by atoms with Gasteiger partial charge in [0.1, 0.15) is 0 Å². The smallest absolute Gasteiger partial charge is 0.293 e. The Morgan fingerprint density at radius 3 is 2.57 bits per heavy atom. The molecule has 14 heavy (non-hydrogen) atoms. The first-order valence-corrected chi connectivity index (χ1v) is 4.83. The fourth-order valence-corrected chi connectivity index (χ4v) is 1.30. The van der Waals surface area contributed by atoms with Crippen LogP contribution in [0.4, 0.5) is 0 Å². The molecule has 1 aliphatic heterocycles. The fraction of sp³-hybridized carbons (Fsp3) is 0.900. The minimum Gasteiger partial charge on any atom is -0.467 e. The first-order valence-electron chi connectivity index (χ1n) is 4.83. The predicted octanol–water partition coefficient (Wildman–Crippen LogP) is 1.19. The van der Waals surface area contributed by atoms with Crippen molar-refractivity contribution in [3.63, 3.8) is 0 Å². The number of hydrogen-bond acceptors (Lipinski definition) is 4. The standard InChI is InChI=1S/C10H18O4/c1-8(4-12-7-11)9-13-5-10(2,3)6-14-9/h7-9H,4-6H2,1-3H3. The number of hydrogen-bond donors (Lipinski definition) is 0. The lowest BCUT2D eigenvalue weighted by molar-refractivity contribution is -0.245. The number of ether oxygens (including phenoxy) is 3. The van der Waals surface area contributed by atoms with E-state index in [-0.39, 0.29) is 17.6 Å². The van der Waals surface area contributed by atoms with E-state index in [1.54, 1.807) is 0 Å². The first kappa shape index (κ1) is 11.5. The molecule has 1 fully saturated rings. The maximum absolute atomic E-state index is 9.99. The van der Waals surface area contributed by atoms with Gasteiger partial charge in [0.15, 0.2) is 6.29 Å². The summed E-state index contributed by atoms with van der Waals surface area (Å²) in [4.78, 5) is 9.99. The molecule has 0 aromatic carbocycles. The maximum atomic E-state index is 9.99. The van der Waals surface area contributed by atoms with E-state index in [1.807, 2.05) is 6.92 Å². The van der Waals surface area contributed by atoms with Crippen molar-refractivity contribution in [3.05, 3.63) is 0 Å². The Bertz CT molecular complexity index is 181. The highest BCUT2D eigenvalue weighted by atomic mass is 16.7. The van der Waals surface area contributed by atoms with Gasteiger partial charge < -0.3 is 14.2 Å². The molecule has 1 atom stereocenters. The molecule has 82 valence electrons. The minimum atomic E-state index is -0.247. The van der Waals surface area contributed by atoms with Crippen molar-refractivity contribution in [2.24, 2.45) is 11.3 Å². The second-order valence-electron chi connectivity index (χ2n) is 4.56. The van der Waals surface area contributed by atoms with Crippen LogP contribution in [-0.4, -0.2) is 32.6 Å². The van der Waals surface area contributed by atoms with Gasteiger partial charge in [-0.3, -0.25) is 4.79 Å². The molecule has 1 saturated heterocycles. The van der Waals surface area contributed by atoms with Gasteiger partial charge in [0, 0.05) is 11.3 Å². The molecule has 4 nitrogen and oxygen atoms in total. The van der Waals surface area contributed by atoms with Crippen molar-refractivity contribution in [3.8, 4) is 0 Å². The van der Waals surface area contributed by atoms with E-state index in [1.165, 1.54) is 0 Å². The van der Waals surface area contributed by atoms with Gasteiger partial charge in [0.25, 0.3) is 6.47 Å². The van der Waals surface area contributed by atoms with E-state index in [2.05, 4.69) is 18.6 Å².